The fourth-order valence-electron chi connectivity index (χ4n) is 1.21. The highest BCUT2D eigenvalue weighted by Gasteiger charge is 2.16. The van der Waals surface area contributed by atoms with Gasteiger partial charge in [0.15, 0.2) is 5.78 Å². The predicted octanol–water partition coefficient (Wildman–Crippen LogP) is 3.52. The van der Waals surface area contributed by atoms with Gasteiger partial charge in [0.1, 0.15) is 6.42 Å². The molecule has 0 heterocycles. The molecule has 0 atom stereocenters. The summed E-state index contributed by atoms with van der Waals surface area (Å²) in [5.41, 5.74) is 0.243. The van der Waals surface area contributed by atoms with Crippen LogP contribution in [0.15, 0.2) is 18.2 Å². The molecule has 5 heteroatoms. The number of esters is 1. The second-order valence-corrected chi connectivity index (χ2v) is 4.21. The van der Waals surface area contributed by atoms with Crippen LogP contribution in [0.1, 0.15) is 30.1 Å². The standard InChI is InChI=1S/C12H12Cl2O3/c1-2-6-17-11(16)7-10(15)8-4-3-5-9(13)12(8)14/h3-5H,2,6-7H2,1H3. The van der Waals surface area contributed by atoms with Gasteiger partial charge in [-0.05, 0) is 18.6 Å². The summed E-state index contributed by atoms with van der Waals surface area (Å²) >= 11 is 11.6. The second-order valence-electron chi connectivity index (χ2n) is 3.42. The maximum atomic E-state index is 11.7. The van der Waals surface area contributed by atoms with Crippen LogP contribution >= 0.6 is 23.2 Å². The Balaban J connectivity index is 2.70. The Morgan fingerprint density at radius 2 is 2.00 bits per heavy atom. The summed E-state index contributed by atoms with van der Waals surface area (Å²) in [6, 6.07) is 4.72. The van der Waals surface area contributed by atoms with E-state index < -0.39 is 11.8 Å². The number of hydrogen-bond donors (Lipinski definition) is 0. The van der Waals surface area contributed by atoms with E-state index in [1.54, 1.807) is 12.1 Å². The van der Waals surface area contributed by atoms with Gasteiger partial charge >= 0.3 is 5.97 Å². The third kappa shape index (κ3) is 4.02. The van der Waals surface area contributed by atoms with Crippen LogP contribution in [0, 0.1) is 0 Å². The van der Waals surface area contributed by atoms with E-state index in [2.05, 4.69) is 0 Å². The average Bonchev–Trinajstić information content (AvgIpc) is 2.29. The first-order chi connectivity index (χ1) is 8.06. The van der Waals surface area contributed by atoms with E-state index in [1.165, 1.54) is 6.07 Å². The number of carbonyl (C=O) groups is 2. The molecule has 0 saturated heterocycles. The first-order valence-corrected chi connectivity index (χ1v) is 5.94. The van der Waals surface area contributed by atoms with Crippen molar-refractivity contribution >= 4 is 35.0 Å². The molecule has 17 heavy (non-hydrogen) atoms. The molecule has 0 bridgehead atoms. The Bertz CT molecular complexity index is 430. The van der Waals surface area contributed by atoms with Crippen LogP contribution in [0.3, 0.4) is 0 Å². The second kappa shape index (κ2) is 6.62. The van der Waals surface area contributed by atoms with Crippen molar-refractivity contribution in [1.82, 2.24) is 0 Å². The molecule has 0 aliphatic heterocycles. The van der Waals surface area contributed by atoms with Gasteiger partial charge in [0.2, 0.25) is 0 Å². The minimum atomic E-state index is -0.548. The smallest absolute Gasteiger partial charge is 0.313 e. The van der Waals surface area contributed by atoms with Crippen LogP contribution in [0.25, 0.3) is 0 Å². The number of Topliss-reactive ketones (excluding diaryl/α,β-unsaturated/α-hetero) is 1. The first kappa shape index (κ1) is 14.0. The minimum absolute atomic E-state index is 0.169. The minimum Gasteiger partial charge on any atom is -0.465 e. The van der Waals surface area contributed by atoms with E-state index in [-0.39, 0.29) is 17.0 Å². The molecule has 0 aliphatic rings. The molecule has 0 N–H and O–H groups in total. The molecule has 0 amide bonds. The molecule has 0 fully saturated rings. The third-order valence-corrected chi connectivity index (χ3v) is 2.84. The average molecular weight is 275 g/mol. The number of ketones is 1. The van der Waals surface area contributed by atoms with Gasteiger partial charge in [-0.2, -0.15) is 0 Å². The number of ether oxygens (including phenoxy) is 1. The van der Waals surface area contributed by atoms with Gasteiger partial charge in [-0.15, -0.1) is 0 Å². The number of halogens is 2. The van der Waals surface area contributed by atoms with Crippen molar-refractivity contribution < 1.29 is 14.3 Å². The van der Waals surface area contributed by atoms with Gasteiger partial charge in [-0.25, -0.2) is 0 Å². The number of rotatable bonds is 5. The van der Waals surface area contributed by atoms with Gasteiger partial charge < -0.3 is 4.74 Å². The lowest BCUT2D eigenvalue weighted by Gasteiger charge is -2.05. The van der Waals surface area contributed by atoms with Gasteiger partial charge in [-0.3, -0.25) is 9.59 Å². The maximum Gasteiger partial charge on any atom is 0.313 e. The van der Waals surface area contributed by atoms with Crippen molar-refractivity contribution in [3.05, 3.63) is 33.8 Å². The Labute approximate surface area is 110 Å². The van der Waals surface area contributed by atoms with Crippen LogP contribution in [-0.2, 0) is 9.53 Å². The zero-order chi connectivity index (χ0) is 12.8. The van der Waals surface area contributed by atoms with Crippen molar-refractivity contribution in [2.75, 3.05) is 6.61 Å². The monoisotopic (exact) mass is 274 g/mol. The zero-order valence-corrected chi connectivity index (χ0v) is 10.8. The lowest BCUT2D eigenvalue weighted by molar-refractivity contribution is -0.142. The fraction of sp³-hybridized carbons (Fsp3) is 0.333. The number of hydrogen-bond acceptors (Lipinski definition) is 3. The van der Waals surface area contributed by atoms with Gasteiger partial charge in [0, 0.05) is 5.56 Å². The molecule has 92 valence electrons. The quantitative estimate of drug-likeness (QED) is 0.469. The van der Waals surface area contributed by atoms with E-state index in [0.717, 1.165) is 6.42 Å². The Kier molecular flexibility index (Phi) is 5.45. The first-order valence-electron chi connectivity index (χ1n) is 5.19. The third-order valence-electron chi connectivity index (χ3n) is 2.02. The lowest BCUT2D eigenvalue weighted by Crippen LogP contribution is -2.12. The van der Waals surface area contributed by atoms with E-state index >= 15 is 0 Å². The Hall–Kier alpha value is -1.06. The van der Waals surface area contributed by atoms with E-state index in [1.807, 2.05) is 6.92 Å². The lowest BCUT2D eigenvalue weighted by atomic mass is 10.1. The van der Waals surface area contributed by atoms with Crippen molar-refractivity contribution in [1.29, 1.82) is 0 Å². The highest BCUT2D eigenvalue weighted by molar-refractivity contribution is 6.44. The van der Waals surface area contributed by atoms with Crippen LogP contribution < -0.4 is 0 Å². The van der Waals surface area contributed by atoms with Crippen LogP contribution in [-0.4, -0.2) is 18.4 Å². The molecule has 1 rings (SSSR count). The van der Waals surface area contributed by atoms with Crippen molar-refractivity contribution in [3.8, 4) is 0 Å². The summed E-state index contributed by atoms with van der Waals surface area (Å²) in [5.74, 6) is -0.938. The predicted molar refractivity (Wildman–Crippen MR) is 66.7 cm³/mol. The Morgan fingerprint density at radius 1 is 1.29 bits per heavy atom. The molecule has 1 aromatic carbocycles. The van der Waals surface area contributed by atoms with Gasteiger partial charge in [0.05, 0.1) is 16.7 Å². The maximum absolute atomic E-state index is 11.7. The molecular formula is C12H12Cl2O3. The van der Waals surface area contributed by atoms with E-state index in [9.17, 15) is 9.59 Å². The van der Waals surface area contributed by atoms with E-state index in [0.29, 0.717) is 11.6 Å². The molecule has 0 saturated carbocycles. The summed E-state index contributed by atoms with van der Waals surface area (Å²) < 4.78 is 4.82. The van der Waals surface area contributed by atoms with E-state index in [4.69, 9.17) is 27.9 Å². The highest BCUT2D eigenvalue weighted by Crippen LogP contribution is 2.26. The van der Waals surface area contributed by atoms with Crippen LogP contribution in [0.5, 0.6) is 0 Å². The molecule has 3 nitrogen and oxygen atoms in total. The summed E-state index contributed by atoms with van der Waals surface area (Å²) in [6.07, 6.45) is 0.401. The molecule has 1 aromatic rings. The van der Waals surface area contributed by atoms with Gasteiger partial charge in [0.25, 0.3) is 0 Å². The summed E-state index contributed by atoms with van der Waals surface area (Å²) in [5, 5.41) is 0.460. The molecule has 0 aromatic heterocycles. The Morgan fingerprint density at radius 3 is 2.65 bits per heavy atom. The number of benzene rings is 1. The number of carbonyl (C=O) groups excluding carboxylic acids is 2. The summed E-state index contributed by atoms with van der Waals surface area (Å²) in [4.78, 5) is 23.0. The molecule has 0 radical (unpaired) electrons. The zero-order valence-electron chi connectivity index (χ0n) is 9.33. The van der Waals surface area contributed by atoms with Crippen molar-refractivity contribution in [2.24, 2.45) is 0 Å². The SMILES string of the molecule is CCCOC(=O)CC(=O)c1cccc(Cl)c1Cl. The highest BCUT2D eigenvalue weighted by atomic mass is 35.5. The fourth-order valence-corrected chi connectivity index (χ4v) is 1.62. The summed E-state index contributed by atoms with van der Waals surface area (Å²) in [6.45, 7) is 2.19. The van der Waals surface area contributed by atoms with Gasteiger partial charge in [-0.1, -0.05) is 36.2 Å². The molecular weight excluding hydrogens is 263 g/mol. The summed E-state index contributed by atoms with van der Waals surface area (Å²) in [7, 11) is 0. The molecule has 0 aliphatic carbocycles. The molecule has 0 spiro atoms. The normalized spacial score (nSPS) is 10.1. The van der Waals surface area contributed by atoms with Crippen LogP contribution in [0.2, 0.25) is 10.0 Å². The topological polar surface area (TPSA) is 43.4 Å². The largest absolute Gasteiger partial charge is 0.465 e. The van der Waals surface area contributed by atoms with Crippen molar-refractivity contribution in [2.45, 2.75) is 19.8 Å². The molecule has 0 unspecified atom stereocenters. The van der Waals surface area contributed by atoms with Crippen LogP contribution in [0.4, 0.5) is 0 Å². The van der Waals surface area contributed by atoms with Crippen molar-refractivity contribution in [3.63, 3.8) is 0 Å².